The number of thioether (sulfide) groups is 1. The van der Waals surface area contributed by atoms with Crippen molar-refractivity contribution in [3.8, 4) is 0 Å². The summed E-state index contributed by atoms with van der Waals surface area (Å²) in [6.07, 6.45) is 0. The van der Waals surface area contributed by atoms with E-state index in [1.54, 1.807) is 7.05 Å². The number of hydrogen-bond donors (Lipinski definition) is 1. The SMILES string of the molecule is Cc1cccc(C)c1NC(=O)CN(C)C(=O)CSc1ccc2ccccc2c1. The van der Waals surface area contributed by atoms with Gasteiger partial charge in [0, 0.05) is 17.6 Å². The Labute approximate surface area is 169 Å². The molecule has 28 heavy (non-hydrogen) atoms. The Morgan fingerprint density at radius 2 is 1.61 bits per heavy atom. The molecular weight excluding hydrogens is 368 g/mol. The number of nitrogens with zero attached hydrogens (tertiary/aromatic N) is 1. The van der Waals surface area contributed by atoms with E-state index in [9.17, 15) is 9.59 Å². The average Bonchev–Trinajstić information content (AvgIpc) is 2.68. The molecule has 3 rings (SSSR count). The normalized spacial score (nSPS) is 10.7. The summed E-state index contributed by atoms with van der Waals surface area (Å²) in [5, 5.41) is 5.25. The van der Waals surface area contributed by atoms with Gasteiger partial charge in [0.1, 0.15) is 0 Å². The molecule has 0 saturated heterocycles. The molecule has 144 valence electrons. The highest BCUT2D eigenvalue weighted by Crippen LogP contribution is 2.24. The van der Waals surface area contributed by atoms with Gasteiger partial charge in [0.15, 0.2) is 0 Å². The Hall–Kier alpha value is -2.79. The molecule has 0 fully saturated rings. The summed E-state index contributed by atoms with van der Waals surface area (Å²) < 4.78 is 0. The van der Waals surface area contributed by atoms with Crippen molar-refractivity contribution in [1.82, 2.24) is 4.90 Å². The number of benzene rings is 3. The lowest BCUT2D eigenvalue weighted by Crippen LogP contribution is -2.36. The molecule has 0 aliphatic carbocycles. The largest absolute Gasteiger partial charge is 0.336 e. The van der Waals surface area contributed by atoms with Gasteiger partial charge in [-0.25, -0.2) is 0 Å². The summed E-state index contributed by atoms with van der Waals surface area (Å²) in [5.41, 5.74) is 2.84. The molecule has 0 aromatic heterocycles. The second-order valence-corrected chi connectivity index (χ2v) is 7.91. The fourth-order valence-corrected chi connectivity index (χ4v) is 3.89. The number of fused-ring (bicyclic) bond motifs is 1. The van der Waals surface area contributed by atoms with Crippen molar-refractivity contribution in [3.05, 3.63) is 71.8 Å². The van der Waals surface area contributed by atoms with Gasteiger partial charge in [0.2, 0.25) is 11.8 Å². The van der Waals surface area contributed by atoms with E-state index in [0.29, 0.717) is 5.75 Å². The topological polar surface area (TPSA) is 49.4 Å². The maximum absolute atomic E-state index is 12.4. The van der Waals surface area contributed by atoms with Crippen LogP contribution in [-0.4, -0.2) is 36.1 Å². The van der Waals surface area contributed by atoms with Crippen LogP contribution in [0.15, 0.2) is 65.6 Å². The zero-order valence-corrected chi connectivity index (χ0v) is 17.2. The quantitative estimate of drug-likeness (QED) is 0.622. The molecule has 5 heteroatoms. The van der Waals surface area contributed by atoms with Gasteiger partial charge in [-0.3, -0.25) is 9.59 Å². The molecule has 3 aromatic carbocycles. The molecule has 0 spiro atoms. The van der Waals surface area contributed by atoms with E-state index in [1.165, 1.54) is 22.0 Å². The Bertz CT molecular complexity index is 996. The van der Waals surface area contributed by atoms with Crippen molar-refractivity contribution < 1.29 is 9.59 Å². The summed E-state index contributed by atoms with van der Waals surface area (Å²) >= 11 is 1.48. The molecular formula is C23H24N2O2S. The van der Waals surface area contributed by atoms with Crippen LogP contribution in [-0.2, 0) is 9.59 Å². The lowest BCUT2D eigenvalue weighted by atomic mass is 10.1. The number of anilines is 1. The third-order valence-corrected chi connectivity index (χ3v) is 5.61. The average molecular weight is 393 g/mol. The molecule has 0 bridgehead atoms. The van der Waals surface area contributed by atoms with Crippen LogP contribution >= 0.6 is 11.8 Å². The molecule has 0 saturated carbocycles. The van der Waals surface area contributed by atoms with E-state index in [2.05, 4.69) is 29.6 Å². The minimum absolute atomic E-state index is 0.0326. The Morgan fingerprint density at radius 3 is 2.32 bits per heavy atom. The van der Waals surface area contributed by atoms with Crippen LogP contribution in [0.1, 0.15) is 11.1 Å². The molecule has 0 unspecified atom stereocenters. The molecule has 1 N–H and O–H groups in total. The first-order chi connectivity index (χ1) is 13.4. The smallest absolute Gasteiger partial charge is 0.243 e. The maximum Gasteiger partial charge on any atom is 0.243 e. The van der Waals surface area contributed by atoms with E-state index in [4.69, 9.17) is 0 Å². The van der Waals surface area contributed by atoms with Crippen LogP contribution in [0.2, 0.25) is 0 Å². The first kappa shape index (κ1) is 20.0. The van der Waals surface area contributed by atoms with Gasteiger partial charge in [-0.2, -0.15) is 0 Å². The lowest BCUT2D eigenvalue weighted by molar-refractivity contribution is -0.131. The molecule has 0 heterocycles. The summed E-state index contributed by atoms with van der Waals surface area (Å²) in [7, 11) is 1.66. The summed E-state index contributed by atoms with van der Waals surface area (Å²) in [6, 6.07) is 20.2. The molecule has 0 aliphatic rings. The third-order valence-electron chi connectivity index (χ3n) is 4.64. The van der Waals surface area contributed by atoms with Crippen molar-refractivity contribution in [2.45, 2.75) is 18.7 Å². The van der Waals surface area contributed by atoms with Gasteiger partial charge in [-0.15, -0.1) is 11.8 Å². The highest BCUT2D eigenvalue weighted by molar-refractivity contribution is 8.00. The first-order valence-electron chi connectivity index (χ1n) is 9.15. The number of rotatable bonds is 6. The second kappa shape index (κ2) is 8.93. The molecule has 0 aliphatic heterocycles. The van der Waals surface area contributed by atoms with Crippen molar-refractivity contribution in [1.29, 1.82) is 0 Å². The van der Waals surface area contributed by atoms with Crippen molar-refractivity contribution in [2.24, 2.45) is 0 Å². The second-order valence-electron chi connectivity index (χ2n) is 6.86. The number of hydrogen-bond acceptors (Lipinski definition) is 3. The molecule has 0 atom stereocenters. The zero-order valence-electron chi connectivity index (χ0n) is 16.4. The van der Waals surface area contributed by atoms with Crippen LogP contribution in [0, 0.1) is 13.8 Å². The maximum atomic E-state index is 12.4. The minimum atomic E-state index is -0.191. The number of aryl methyl sites for hydroxylation is 2. The number of amides is 2. The Morgan fingerprint density at radius 1 is 0.929 bits per heavy atom. The standard InChI is InChI=1S/C23H24N2O2S/c1-16-7-6-8-17(2)23(16)24-21(26)14-25(3)22(27)15-28-20-12-11-18-9-4-5-10-19(18)13-20/h4-13H,14-15H2,1-3H3,(H,24,26). The van der Waals surface area contributed by atoms with Gasteiger partial charge >= 0.3 is 0 Å². The van der Waals surface area contributed by atoms with Crippen molar-refractivity contribution in [3.63, 3.8) is 0 Å². The van der Waals surface area contributed by atoms with Gasteiger partial charge < -0.3 is 10.2 Å². The monoisotopic (exact) mass is 392 g/mol. The van der Waals surface area contributed by atoms with E-state index >= 15 is 0 Å². The molecule has 3 aromatic rings. The van der Waals surface area contributed by atoms with Gasteiger partial charge in [-0.05, 0) is 47.9 Å². The Kier molecular flexibility index (Phi) is 6.37. The van der Waals surface area contributed by atoms with Gasteiger partial charge in [0.25, 0.3) is 0 Å². The highest BCUT2D eigenvalue weighted by Gasteiger charge is 2.15. The van der Waals surface area contributed by atoms with E-state index in [1.807, 2.05) is 50.2 Å². The third kappa shape index (κ3) is 4.93. The first-order valence-corrected chi connectivity index (χ1v) is 10.1. The number of nitrogens with one attached hydrogen (secondary N) is 1. The predicted molar refractivity (Wildman–Crippen MR) is 117 cm³/mol. The lowest BCUT2D eigenvalue weighted by Gasteiger charge is -2.18. The molecule has 4 nitrogen and oxygen atoms in total. The Balaban J connectivity index is 1.54. The molecule has 2 amide bonds. The summed E-state index contributed by atoms with van der Waals surface area (Å²) in [5.74, 6) is 0.0321. The van der Waals surface area contributed by atoms with Crippen LogP contribution < -0.4 is 5.32 Å². The van der Waals surface area contributed by atoms with Crippen molar-refractivity contribution in [2.75, 3.05) is 24.7 Å². The van der Waals surface area contributed by atoms with Crippen LogP contribution in [0.5, 0.6) is 0 Å². The van der Waals surface area contributed by atoms with E-state index in [0.717, 1.165) is 27.1 Å². The van der Waals surface area contributed by atoms with Gasteiger partial charge in [-0.1, -0.05) is 48.5 Å². The minimum Gasteiger partial charge on any atom is -0.336 e. The number of carbonyl (C=O) groups is 2. The van der Waals surface area contributed by atoms with E-state index < -0.39 is 0 Å². The fourth-order valence-electron chi connectivity index (χ4n) is 3.01. The van der Waals surface area contributed by atoms with Gasteiger partial charge in [0.05, 0.1) is 12.3 Å². The summed E-state index contributed by atoms with van der Waals surface area (Å²) in [6.45, 7) is 3.94. The van der Waals surface area contributed by atoms with Crippen LogP contribution in [0.4, 0.5) is 5.69 Å². The fraction of sp³-hybridized carbons (Fsp3) is 0.217. The number of likely N-dealkylation sites (N-methyl/N-ethyl adjacent to an activating group) is 1. The predicted octanol–water partition coefficient (Wildman–Crippen LogP) is 4.65. The number of para-hydroxylation sites is 1. The summed E-state index contributed by atoms with van der Waals surface area (Å²) in [4.78, 5) is 27.3. The zero-order chi connectivity index (χ0) is 20.1. The molecule has 0 radical (unpaired) electrons. The van der Waals surface area contributed by atoms with Crippen LogP contribution in [0.25, 0.3) is 10.8 Å². The highest BCUT2D eigenvalue weighted by atomic mass is 32.2. The number of carbonyl (C=O) groups excluding carboxylic acids is 2. The van der Waals surface area contributed by atoms with Crippen LogP contribution in [0.3, 0.4) is 0 Å². The van der Waals surface area contributed by atoms with Crippen molar-refractivity contribution >= 4 is 40.0 Å². The van der Waals surface area contributed by atoms with E-state index in [-0.39, 0.29) is 18.4 Å².